The number of cyclic esters (lactones) is 1. The molecule has 0 saturated heterocycles. The van der Waals surface area contributed by atoms with Gasteiger partial charge in [-0.2, -0.15) is 0 Å². The second kappa shape index (κ2) is 8.64. The first-order chi connectivity index (χ1) is 12.3. The summed E-state index contributed by atoms with van der Waals surface area (Å²) in [5.74, 6) is -1.29. The number of fused-ring (bicyclic) bond motifs is 1. The summed E-state index contributed by atoms with van der Waals surface area (Å²) in [6, 6.07) is 2.84. The Bertz CT molecular complexity index is 736. The zero-order chi connectivity index (χ0) is 19.3. The van der Waals surface area contributed by atoms with Crippen LogP contribution < -0.4 is 4.74 Å². The molecule has 0 bridgehead atoms. The first-order valence-corrected chi connectivity index (χ1v) is 8.18. The molecule has 1 aliphatic rings. The van der Waals surface area contributed by atoms with Gasteiger partial charge in [-0.25, -0.2) is 4.79 Å². The standard InChI is InChI=1S/C19H22O7/c1-11-5-3-7-14(20)18(23)15(21)8-4-6-12-9-13(25-2)10-16(22)17(12)19(24)26-11/h3-4,6-7,9-11,15,18,21-23H,5,8H2,1-2H3/b6-4+,7-3+/t11?,15-,18-/m1/s1. The van der Waals surface area contributed by atoms with Crippen molar-refractivity contribution >= 4 is 17.8 Å². The minimum absolute atomic E-state index is 0.0242. The van der Waals surface area contributed by atoms with E-state index >= 15 is 0 Å². The number of carbonyl (C=O) groups excluding carboxylic acids is 2. The number of hydrogen-bond acceptors (Lipinski definition) is 7. The molecule has 2 rings (SSSR count). The maximum Gasteiger partial charge on any atom is 0.342 e. The number of methoxy groups -OCH3 is 1. The predicted octanol–water partition coefficient (Wildman–Crippen LogP) is 1.60. The van der Waals surface area contributed by atoms with Crippen LogP contribution in [0.5, 0.6) is 11.5 Å². The number of aliphatic hydroxyl groups excluding tert-OH is 2. The molecule has 1 aromatic rings. The Kier molecular flexibility index (Phi) is 6.54. The van der Waals surface area contributed by atoms with Crippen LogP contribution in [0.4, 0.5) is 0 Å². The van der Waals surface area contributed by atoms with Crippen molar-refractivity contribution in [2.24, 2.45) is 0 Å². The Balaban J connectivity index is 2.45. The Hall–Kier alpha value is -2.64. The van der Waals surface area contributed by atoms with Crippen LogP contribution in [-0.2, 0) is 9.53 Å². The van der Waals surface area contributed by atoms with Gasteiger partial charge in [-0.3, -0.25) is 4.79 Å². The molecule has 1 heterocycles. The summed E-state index contributed by atoms with van der Waals surface area (Å²) in [6.45, 7) is 1.64. The summed E-state index contributed by atoms with van der Waals surface area (Å²) in [5, 5.41) is 30.0. The normalized spacial score (nSPS) is 27.0. The highest BCUT2D eigenvalue weighted by Gasteiger charge is 2.23. The van der Waals surface area contributed by atoms with Crippen LogP contribution >= 0.6 is 0 Å². The third kappa shape index (κ3) is 4.71. The SMILES string of the molecule is COc1cc(O)c2c(c1)/C=C/C[C@@H](O)[C@H](O)C(=O)/C=C/CC(C)OC2=O. The van der Waals surface area contributed by atoms with Crippen molar-refractivity contribution < 1.29 is 34.4 Å². The number of hydrogen-bond donors (Lipinski definition) is 3. The van der Waals surface area contributed by atoms with Crippen molar-refractivity contribution in [1.29, 1.82) is 0 Å². The highest BCUT2D eigenvalue weighted by molar-refractivity contribution is 5.97. The summed E-state index contributed by atoms with van der Waals surface area (Å²) >= 11 is 0. The van der Waals surface area contributed by atoms with Gasteiger partial charge in [0.15, 0.2) is 5.78 Å². The molecule has 0 saturated carbocycles. The molecule has 26 heavy (non-hydrogen) atoms. The largest absolute Gasteiger partial charge is 0.507 e. The van der Waals surface area contributed by atoms with Crippen LogP contribution in [0.2, 0.25) is 0 Å². The van der Waals surface area contributed by atoms with Gasteiger partial charge in [-0.15, -0.1) is 0 Å². The van der Waals surface area contributed by atoms with E-state index < -0.39 is 30.1 Å². The van der Waals surface area contributed by atoms with E-state index in [4.69, 9.17) is 9.47 Å². The number of ether oxygens (including phenoxy) is 2. The topological polar surface area (TPSA) is 113 Å². The van der Waals surface area contributed by atoms with Crippen LogP contribution in [0.1, 0.15) is 35.7 Å². The zero-order valence-corrected chi connectivity index (χ0v) is 14.6. The van der Waals surface area contributed by atoms with Crippen LogP contribution in [0.15, 0.2) is 30.4 Å². The van der Waals surface area contributed by atoms with Gasteiger partial charge in [0.25, 0.3) is 0 Å². The van der Waals surface area contributed by atoms with Crippen molar-refractivity contribution in [2.45, 2.75) is 38.1 Å². The average Bonchev–Trinajstić information content (AvgIpc) is 2.59. The summed E-state index contributed by atoms with van der Waals surface area (Å²) in [5.41, 5.74) is 0.306. The highest BCUT2D eigenvalue weighted by atomic mass is 16.5. The Morgan fingerprint density at radius 1 is 1.12 bits per heavy atom. The molecule has 3 atom stereocenters. The van der Waals surface area contributed by atoms with Crippen LogP contribution in [-0.4, -0.2) is 52.5 Å². The molecule has 0 radical (unpaired) electrons. The number of aromatic hydroxyl groups is 1. The molecule has 0 spiro atoms. The maximum absolute atomic E-state index is 12.4. The third-order valence-corrected chi connectivity index (χ3v) is 3.95. The van der Waals surface area contributed by atoms with E-state index in [2.05, 4.69) is 0 Å². The van der Waals surface area contributed by atoms with E-state index in [9.17, 15) is 24.9 Å². The third-order valence-electron chi connectivity index (χ3n) is 3.95. The number of ketones is 1. The minimum atomic E-state index is -1.55. The molecule has 0 amide bonds. The molecule has 7 heteroatoms. The number of esters is 1. The maximum atomic E-state index is 12.4. The fraction of sp³-hybridized carbons (Fsp3) is 0.368. The first-order valence-electron chi connectivity index (χ1n) is 8.18. The highest BCUT2D eigenvalue weighted by Crippen LogP contribution is 2.30. The van der Waals surface area contributed by atoms with E-state index in [-0.39, 0.29) is 24.2 Å². The summed E-state index contributed by atoms with van der Waals surface area (Å²) in [7, 11) is 1.42. The molecule has 1 unspecified atom stereocenters. The van der Waals surface area contributed by atoms with E-state index in [1.165, 1.54) is 37.5 Å². The van der Waals surface area contributed by atoms with Gasteiger partial charge in [0.2, 0.25) is 0 Å². The van der Waals surface area contributed by atoms with Crippen molar-refractivity contribution in [3.63, 3.8) is 0 Å². The van der Waals surface area contributed by atoms with Gasteiger partial charge in [0.1, 0.15) is 29.3 Å². The lowest BCUT2D eigenvalue weighted by Crippen LogP contribution is -2.32. The second-order valence-electron chi connectivity index (χ2n) is 6.02. The summed E-state index contributed by atoms with van der Waals surface area (Å²) < 4.78 is 10.4. The molecule has 3 N–H and O–H groups in total. The Labute approximate surface area is 151 Å². The van der Waals surface area contributed by atoms with Gasteiger partial charge >= 0.3 is 5.97 Å². The van der Waals surface area contributed by atoms with Gasteiger partial charge in [0.05, 0.1) is 13.2 Å². The van der Waals surface area contributed by atoms with E-state index in [0.717, 1.165) is 6.08 Å². The van der Waals surface area contributed by atoms with Crippen LogP contribution in [0, 0.1) is 0 Å². The summed E-state index contributed by atoms with van der Waals surface area (Å²) in [6.07, 6.45) is 2.42. The quantitative estimate of drug-likeness (QED) is 0.650. The lowest BCUT2D eigenvalue weighted by atomic mass is 10.0. The minimum Gasteiger partial charge on any atom is -0.507 e. The second-order valence-corrected chi connectivity index (χ2v) is 6.02. The zero-order valence-electron chi connectivity index (χ0n) is 14.6. The van der Waals surface area contributed by atoms with E-state index in [0.29, 0.717) is 11.3 Å². The molecule has 140 valence electrons. The molecule has 0 aliphatic carbocycles. The number of aliphatic hydroxyl groups is 2. The lowest BCUT2D eigenvalue weighted by molar-refractivity contribution is -0.127. The first kappa shape index (κ1) is 19.7. The lowest BCUT2D eigenvalue weighted by Gasteiger charge is -2.16. The Morgan fingerprint density at radius 3 is 2.50 bits per heavy atom. The Morgan fingerprint density at radius 2 is 1.81 bits per heavy atom. The van der Waals surface area contributed by atoms with Crippen molar-refractivity contribution in [1.82, 2.24) is 0 Å². The molecule has 7 nitrogen and oxygen atoms in total. The van der Waals surface area contributed by atoms with Gasteiger partial charge < -0.3 is 24.8 Å². The van der Waals surface area contributed by atoms with Gasteiger partial charge in [-0.1, -0.05) is 18.2 Å². The summed E-state index contributed by atoms with van der Waals surface area (Å²) in [4.78, 5) is 24.3. The molecular formula is C19H22O7. The number of benzene rings is 1. The van der Waals surface area contributed by atoms with Crippen molar-refractivity contribution in [3.05, 3.63) is 41.5 Å². The average molecular weight is 362 g/mol. The van der Waals surface area contributed by atoms with Gasteiger partial charge in [-0.05, 0) is 31.1 Å². The molecule has 1 aliphatic heterocycles. The van der Waals surface area contributed by atoms with Crippen molar-refractivity contribution in [3.8, 4) is 11.5 Å². The van der Waals surface area contributed by atoms with E-state index in [1.54, 1.807) is 6.92 Å². The number of phenols is 1. The number of phenolic OH excluding ortho intramolecular Hbond substituents is 1. The molecular weight excluding hydrogens is 340 g/mol. The molecule has 0 aromatic heterocycles. The van der Waals surface area contributed by atoms with Crippen LogP contribution in [0.25, 0.3) is 6.08 Å². The molecule has 1 aromatic carbocycles. The fourth-order valence-corrected chi connectivity index (χ4v) is 2.51. The molecule has 0 fully saturated rings. The predicted molar refractivity (Wildman–Crippen MR) is 94.0 cm³/mol. The van der Waals surface area contributed by atoms with Gasteiger partial charge in [0, 0.05) is 12.5 Å². The number of carbonyl (C=O) groups is 2. The van der Waals surface area contributed by atoms with Crippen molar-refractivity contribution in [2.75, 3.05) is 7.11 Å². The fourth-order valence-electron chi connectivity index (χ4n) is 2.51. The number of rotatable bonds is 1. The van der Waals surface area contributed by atoms with E-state index in [1.807, 2.05) is 0 Å². The van der Waals surface area contributed by atoms with Crippen LogP contribution in [0.3, 0.4) is 0 Å². The monoisotopic (exact) mass is 362 g/mol. The smallest absolute Gasteiger partial charge is 0.342 e.